The van der Waals surface area contributed by atoms with Gasteiger partial charge in [-0.2, -0.15) is 4.72 Å². The largest absolute Gasteiger partial charge is 0.368 e. The van der Waals surface area contributed by atoms with Crippen LogP contribution >= 0.6 is 22.6 Å². The molecular formula is C11H15IN2O3S. The minimum absolute atomic E-state index is 0.120. The van der Waals surface area contributed by atoms with Gasteiger partial charge >= 0.3 is 0 Å². The number of carbonyl (C=O) groups is 1. The van der Waals surface area contributed by atoms with Crippen LogP contribution in [0.3, 0.4) is 0 Å². The Bertz CT molecular complexity index is 526. The predicted octanol–water partition coefficient (Wildman–Crippen LogP) is 1.08. The van der Waals surface area contributed by atoms with Crippen LogP contribution in [0, 0.1) is 9.49 Å². The lowest BCUT2D eigenvalue weighted by Crippen LogP contribution is -2.47. The molecular weight excluding hydrogens is 367 g/mol. The van der Waals surface area contributed by atoms with Crippen molar-refractivity contribution in [2.45, 2.75) is 24.8 Å². The van der Waals surface area contributed by atoms with Crippen molar-refractivity contribution in [3.05, 3.63) is 27.8 Å². The van der Waals surface area contributed by atoms with Gasteiger partial charge in [0.25, 0.3) is 0 Å². The van der Waals surface area contributed by atoms with Crippen molar-refractivity contribution in [2.24, 2.45) is 11.7 Å². The Hall–Kier alpha value is -0.670. The molecule has 0 aliphatic rings. The molecule has 0 aliphatic heterocycles. The summed E-state index contributed by atoms with van der Waals surface area (Å²) >= 11 is 2.08. The van der Waals surface area contributed by atoms with Crippen molar-refractivity contribution in [3.63, 3.8) is 0 Å². The first kappa shape index (κ1) is 15.4. The number of carbonyl (C=O) groups excluding carboxylic acids is 1. The predicted molar refractivity (Wildman–Crippen MR) is 77.3 cm³/mol. The van der Waals surface area contributed by atoms with Crippen molar-refractivity contribution >= 4 is 38.5 Å². The fourth-order valence-electron chi connectivity index (χ4n) is 1.37. The van der Waals surface area contributed by atoms with Crippen LogP contribution in [-0.2, 0) is 14.8 Å². The van der Waals surface area contributed by atoms with Gasteiger partial charge in [0.1, 0.15) is 6.04 Å². The molecule has 0 fully saturated rings. The summed E-state index contributed by atoms with van der Waals surface area (Å²) in [6.45, 7) is 3.46. The van der Waals surface area contributed by atoms with Gasteiger partial charge in [-0.05, 0) is 52.8 Å². The molecule has 0 saturated carbocycles. The molecule has 3 N–H and O–H groups in total. The minimum Gasteiger partial charge on any atom is -0.368 e. The average Bonchev–Trinajstić information content (AvgIpc) is 2.26. The fourth-order valence-corrected chi connectivity index (χ4v) is 3.08. The third-order valence-electron chi connectivity index (χ3n) is 2.38. The molecule has 0 radical (unpaired) electrons. The number of benzene rings is 1. The molecule has 5 nitrogen and oxygen atoms in total. The Morgan fingerprint density at radius 1 is 1.28 bits per heavy atom. The summed E-state index contributed by atoms with van der Waals surface area (Å²) in [5, 5.41) is 0. The second-order valence-corrected chi connectivity index (χ2v) is 7.16. The number of sulfonamides is 1. The van der Waals surface area contributed by atoms with Crippen LogP contribution in [-0.4, -0.2) is 20.4 Å². The van der Waals surface area contributed by atoms with Gasteiger partial charge < -0.3 is 5.73 Å². The molecule has 0 aromatic heterocycles. The molecule has 1 amide bonds. The number of hydrogen-bond donors (Lipinski definition) is 2. The molecule has 7 heteroatoms. The quantitative estimate of drug-likeness (QED) is 0.747. The third-order valence-corrected chi connectivity index (χ3v) is 4.56. The van der Waals surface area contributed by atoms with Crippen molar-refractivity contribution in [3.8, 4) is 0 Å². The summed E-state index contributed by atoms with van der Waals surface area (Å²) in [5.74, 6) is -0.889. The van der Waals surface area contributed by atoms with E-state index in [1.165, 1.54) is 12.1 Å². The molecule has 1 unspecified atom stereocenters. The fraction of sp³-hybridized carbons (Fsp3) is 0.364. The molecule has 1 atom stereocenters. The summed E-state index contributed by atoms with van der Waals surface area (Å²) in [5.41, 5.74) is 5.18. The van der Waals surface area contributed by atoms with Crippen molar-refractivity contribution in [2.75, 3.05) is 0 Å². The maximum absolute atomic E-state index is 12.0. The van der Waals surface area contributed by atoms with Crippen molar-refractivity contribution in [1.82, 2.24) is 4.72 Å². The molecule has 0 spiro atoms. The zero-order valence-corrected chi connectivity index (χ0v) is 13.0. The molecule has 0 bridgehead atoms. The Morgan fingerprint density at radius 2 is 1.78 bits per heavy atom. The number of rotatable bonds is 5. The van der Waals surface area contributed by atoms with Gasteiger partial charge in [0.2, 0.25) is 15.9 Å². The van der Waals surface area contributed by atoms with Crippen LogP contribution in [0.1, 0.15) is 13.8 Å². The van der Waals surface area contributed by atoms with E-state index in [0.717, 1.165) is 3.57 Å². The lowest BCUT2D eigenvalue weighted by molar-refractivity contribution is -0.120. The van der Waals surface area contributed by atoms with E-state index < -0.39 is 22.0 Å². The normalized spacial score (nSPS) is 13.6. The topological polar surface area (TPSA) is 89.3 Å². The average molecular weight is 382 g/mol. The summed E-state index contributed by atoms with van der Waals surface area (Å²) in [6, 6.07) is 5.44. The highest BCUT2D eigenvalue weighted by Gasteiger charge is 2.26. The molecule has 1 rings (SSSR count). The van der Waals surface area contributed by atoms with E-state index in [1.54, 1.807) is 26.0 Å². The Balaban J connectivity index is 3.01. The van der Waals surface area contributed by atoms with Crippen molar-refractivity contribution in [1.29, 1.82) is 0 Å². The number of nitrogens with one attached hydrogen (secondary N) is 1. The first-order chi connectivity index (χ1) is 8.24. The van der Waals surface area contributed by atoms with Crippen LogP contribution in [0.5, 0.6) is 0 Å². The number of nitrogens with two attached hydrogens (primary N) is 1. The second-order valence-electron chi connectivity index (χ2n) is 4.20. The number of amides is 1. The van der Waals surface area contributed by atoms with E-state index in [9.17, 15) is 13.2 Å². The van der Waals surface area contributed by atoms with E-state index in [1.807, 2.05) is 0 Å². The van der Waals surface area contributed by atoms with Crippen LogP contribution in [0.15, 0.2) is 29.2 Å². The molecule has 1 aromatic rings. The zero-order chi connectivity index (χ0) is 13.9. The third kappa shape index (κ3) is 3.92. The first-order valence-electron chi connectivity index (χ1n) is 5.31. The highest BCUT2D eigenvalue weighted by molar-refractivity contribution is 14.1. The van der Waals surface area contributed by atoms with Gasteiger partial charge in [0.05, 0.1) is 4.90 Å². The van der Waals surface area contributed by atoms with Gasteiger partial charge in [-0.1, -0.05) is 13.8 Å². The maximum atomic E-state index is 12.0. The summed E-state index contributed by atoms with van der Waals surface area (Å²) in [6.07, 6.45) is 0. The second kappa shape index (κ2) is 5.98. The van der Waals surface area contributed by atoms with E-state index in [0.29, 0.717) is 0 Å². The Labute approximate surface area is 120 Å². The van der Waals surface area contributed by atoms with Gasteiger partial charge in [-0.15, -0.1) is 0 Å². The smallest absolute Gasteiger partial charge is 0.241 e. The van der Waals surface area contributed by atoms with E-state index in [-0.39, 0.29) is 10.8 Å². The van der Waals surface area contributed by atoms with Gasteiger partial charge in [-0.25, -0.2) is 8.42 Å². The Morgan fingerprint density at radius 3 is 2.17 bits per heavy atom. The molecule has 18 heavy (non-hydrogen) atoms. The SMILES string of the molecule is CC(C)C(NS(=O)(=O)c1ccc(I)cc1)C(N)=O. The molecule has 100 valence electrons. The zero-order valence-electron chi connectivity index (χ0n) is 10.1. The number of primary amides is 1. The standard InChI is InChI=1S/C11H15IN2O3S/c1-7(2)10(11(13)15)14-18(16,17)9-5-3-8(12)4-6-9/h3-7,10,14H,1-2H3,(H2,13,15). The lowest BCUT2D eigenvalue weighted by atomic mass is 10.1. The van der Waals surface area contributed by atoms with E-state index in [4.69, 9.17) is 5.73 Å². The lowest BCUT2D eigenvalue weighted by Gasteiger charge is -2.18. The van der Waals surface area contributed by atoms with Crippen LogP contribution < -0.4 is 10.5 Å². The van der Waals surface area contributed by atoms with Crippen LogP contribution in [0.2, 0.25) is 0 Å². The van der Waals surface area contributed by atoms with E-state index >= 15 is 0 Å². The monoisotopic (exact) mass is 382 g/mol. The number of hydrogen-bond acceptors (Lipinski definition) is 3. The summed E-state index contributed by atoms with van der Waals surface area (Å²) in [7, 11) is -3.72. The van der Waals surface area contributed by atoms with Gasteiger partial charge in [0, 0.05) is 3.57 Å². The van der Waals surface area contributed by atoms with E-state index in [2.05, 4.69) is 27.3 Å². The summed E-state index contributed by atoms with van der Waals surface area (Å²) < 4.78 is 27.3. The molecule has 0 heterocycles. The number of halogens is 1. The highest BCUT2D eigenvalue weighted by atomic mass is 127. The molecule has 1 aromatic carbocycles. The van der Waals surface area contributed by atoms with Gasteiger partial charge in [0.15, 0.2) is 0 Å². The minimum atomic E-state index is -3.72. The van der Waals surface area contributed by atoms with Gasteiger partial charge in [-0.3, -0.25) is 4.79 Å². The summed E-state index contributed by atoms with van der Waals surface area (Å²) in [4.78, 5) is 11.3. The maximum Gasteiger partial charge on any atom is 0.241 e. The van der Waals surface area contributed by atoms with Crippen LogP contribution in [0.25, 0.3) is 0 Å². The Kier molecular flexibility index (Phi) is 5.11. The van der Waals surface area contributed by atoms with Crippen molar-refractivity contribution < 1.29 is 13.2 Å². The van der Waals surface area contributed by atoms with Crippen LogP contribution in [0.4, 0.5) is 0 Å². The molecule has 0 aliphatic carbocycles. The highest BCUT2D eigenvalue weighted by Crippen LogP contribution is 2.13. The first-order valence-corrected chi connectivity index (χ1v) is 7.87. The molecule has 0 saturated heterocycles.